The number of phosphoric acid groups is 2. The number of unbranched alkanes of at least 4 members (excludes halogenated alkanes) is 39. The predicted octanol–water partition coefficient (Wildman–Crippen LogP) is 22.8. The average Bonchev–Trinajstić information content (AvgIpc) is 1.13. The molecule has 97 heavy (non-hydrogen) atoms. The van der Waals surface area contributed by atoms with E-state index in [1.807, 2.05) is 0 Å². The molecule has 19 heteroatoms. The number of aliphatic hydroxyl groups excluding tert-OH is 1. The van der Waals surface area contributed by atoms with Crippen LogP contribution in [0.1, 0.15) is 396 Å². The van der Waals surface area contributed by atoms with Gasteiger partial charge in [0.1, 0.15) is 19.3 Å². The van der Waals surface area contributed by atoms with Crippen LogP contribution in [0.2, 0.25) is 0 Å². The van der Waals surface area contributed by atoms with Crippen LogP contribution in [-0.2, 0) is 65.4 Å². The van der Waals surface area contributed by atoms with Crippen LogP contribution in [-0.4, -0.2) is 96.7 Å². The van der Waals surface area contributed by atoms with Crippen molar-refractivity contribution in [1.82, 2.24) is 0 Å². The van der Waals surface area contributed by atoms with Crippen molar-refractivity contribution < 1.29 is 80.2 Å². The lowest BCUT2D eigenvalue weighted by Gasteiger charge is -2.21. The van der Waals surface area contributed by atoms with E-state index in [1.54, 1.807) is 0 Å². The molecule has 0 spiro atoms. The van der Waals surface area contributed by atoms with Gasteiger partial charge in [-0.15, -0.1) is 0 Å². The third kappa shape index (κ3) is 69.5. The first-order valence-corrected chi connectivity index (χ1v) is 43.3. The molecule has 0 bridgehead atoms. The molecule has 0 heterocycles. The summed E-state index contributed by atoms with van der Waals surface area (Å²) in [7, 11) is -9.92. The molecule has 3 N–H and O–H groups in total. The molecule has 0 aromatic carbocycles. The average molecular weight is 1420 g/mol. The molecular weight excluding hydrogens is 1270 g/mol. The fraction of sp³-hybridized carbons (Fsp3) is 0.949. The lowest BCUT2D eigenvalue weighted by molar-refractivity contribution is -0.161. The van der Waals surface area contributed by atoms with Gasteiger partial charge in [-0.1, -0.05) is 344 Å². The summed E-state index contributed by atoms with van der Waals surface area (Å²) in [6.07, 6.45) is 52.7. The zero-order valence-electron chi connectivity index (χ0n) is 63.7. The Bertz CT molecular complexity index is 1910. The van der Waals surface area contributed by atoms with Crippen molar-refractivity contribution >= 4 is 39.5 Å². The number of hydrogen-bond acceptors (Lipinski definition) is 15. The molecule has 0 saturated carbocycles. The molecule has 0 aliphatic rings. The highest BCUT2D eigenvalue weighted by Crippen LogP contribution is 2.45. The number of ether oxygens (including phenoxy) is 4. The van der Waals surface area contributed by atoms with Gasteiger partial charge in [0.2, 0.25) is 0 Å². The molecule has 576 valence electrons. The van der Waals surface area contributed by atoms with E-state index in [4.69, 9.17) is 37.0 Å². The quantitative estimate of drug-likeness (QED) is 0.0222. The monoisotopic (exact) mass is 1420 g/mol. The van der Waals surface area contributed by atoms with Gasteiger partial charge in [-0.2, -0.15) is 0 Å². The summed E-state index contributed by atoms with van der Waals surface area (Å²) >= 11 is 0. The molecule has 0 radical (unpaired) electrons. The molecule has 0 saturated heterocycles. The van der Waals surface area contributed by atoms with Crippen LogP contribution in [0.5, 0.6) is 0 Å². The van der Waals surface area contributed by atoms with E-state index < -0.39 is 97.5 Å². The SMILES string of the molecule is CCC(C)CCCCCCCCCCC(=O)OC[C@H](COP(=O)(O)OC[C@@H](O)COP(=O)(O)OC[C@@H](COC(=O)CCCCCCCCC(C)CC)OC(=O)CCCCCCCCCCCCCCCCCC(C)C)OC(=O)CCCCCCCCCCCCCCCCC(C)C. The van der Waals surface area contributed by atoms with E-state index in [9.17, 15) is 43.2 Å². The maximum atomic E-state index is 13.1. The summed E-state index contributed by atoms with van der Waals surface area (Å²) in [5.74, 6) is 0.987. The van der Waals surface area contributed by atoms with Gasteiger partial charge in [0.25, 0.3) is 0 Å². The Morgan fingerprint density at radius 1 is 0.289 bits per heavy atom. The number of aliphatic hydroxyl groups is 1. The fourth-order valence-electron chi connectivity index (χ4n) is 11.8. The number of esters is 4. The predicted molar refractivity (Wildman–Crippen MR) is 395 cm³/mol. The maximum Gasteiger partial charge on any atom is 0.472 e. The second-order valence-corrected chi connectivity index (χ2v) is 32.4. The molecule has 0 fully saturated rings. The Balaban J connectivity index is 5.24. The van der Waals surface area contributed by atoms with Crippen LogP contribution in [0.3, 0.4) is 0 Å². The zero-order chi connectivity index (χ0) is 71.7. The van der Waals surface area contributed by atoms with Gasteiger partial charge >= 0.3 is 39.5 Å². The molecule has 17 nitrogen and oxygen atoms in total. The van der Waals surface area contributed by atoms with Crippen molar-refractivity contribution in [3.63, 3.8) is 0 Å². The van der Waals surface area contributed by atoms with E-state index in [2.05, 4.69) is 55.4 Å². The van der Waals surface area contributed by atoms with Crippen LogP contribution in [0, 0.1) is 23.7 Å². The van der Waals surface area contributed by atoms with Crippen molar-refractivity contribution in [2.75, 3.05) is 39.6 Å². The third-order valence-corrected chi connectivity index (χ3v) is 20.7. The molecule has 0 aliphatic carbocycles. The number of hydrogen-bond donors (Lipinski definition) is 3. The van der Waals surface area contributed by atoms with Crippen molar-refractivity contribution in [2.24, 2.45) is 23.7 Å². The van der Waals surface area contributed by atoms with Crippen molar-refractivity contribution in [1.29, 1.82) is 0 Å². The highest BCUT2D eigenvalue weighted by molar-refractivity contribution is 7.47. The minimum absolute atomic E-state index is 0.106. The van der Waals surface area contributed by atoms with Gasteiger partial charge < -0.3 is 33.8 Å². The Labute approximate surface area is 594 Å². The molecule has 0 rings (SSSR count). The molecular formula is C78H152O17P2. The largest absolute Gasteiger partial charge is 0.472 e. The minimum atomic E-state index is -4.96. The summed E-state index contributed by atoms with van der Waals surface area (Å²) in [4.78, 5) is 72.9. The van der Waals surface area contributed by atoms with Crippen molar-refractivity contribution in [2.45, 2.75) is 414 Å². The van der Waals surface area contributed by atoms with E-state index in [0.717, 1.165) is 120 Å². The van der Waals surface area contributed by atoms with E-state index in [1.165, 1.54) is 193 Å². The number of rotatable bonds is 75. The third-order valence-electron chi connectivity index (χ3n) is 18.8. The van der Waals surface area contributed by atoms with Gasteiger partial charge in [-0.25, -0.2) is 9.13 Å². The second kappa shape index (κ2) is 67.2. The van der Waals surface area contributed by atoms with Gasteiger partial charge in [-0.05, 0) is 49.4 Å². The summed E-state index contributed by atoms with van der Waals surface area (Å²) < 4.78 is 68.6. The molecule has 7 atom stereocenters. The zero-order valence-corrected chi connectivity index (χ0v) is 65.5. The number of carbonyl (C=O) groups is 4. The number of phosphoric ester groups is 2. The van der Waals surface area contributed by atoms with Gasteiger partial charge in [0.05, 0.1) is 26.4 Å². The number of carbonyl (C=O) groups excluding carboxylic acids is 4. The summed E-state index contributed by atoms with van der Waals surface area (Å²) in [6.45, 7) is 14.2. The van der Waals surface area contributed by atoms with Gasteiger partial charge in [0.15, 0.2) is 12.2 Å². The van der Waals surface area contributed by atoms with Crippen molar-refractivity contribution in [3.8, 4) is 0 Å². The lowest BCUT2D eigenvalue weighted by atomic mass is 9.99. The van der Waals surface area contributed by atoms with E-state index in [0.29, 0.717) is 25.7 Å². The second-order valence-electron chi connectivity index (χ2n) is 29.5. The first kappa shape index (κ1) is 95.1. The maximum absolute atomic E-state index is 13.1. The minimum Gasteiger partial charge on any atom is -0.462 e. The fourth-order valence-corrected chi connectivity index (χ4v) is 13.4. The van der Waals surface area contributed by atoms with Crippen molar-refractivity contribution in [3.05, 3.63) is 0 Å². The van der Waals surface area contributed by atoms with Gasteiger partial charge in [-0.3, -0.25) is 37.3 Å². The molecule has 0 aromatic heterocycles. The van der Waals surface area contributed by atoms with Gasteiger partial charge in [0, 0.05) is 25.7 Å². The van der Waals surface area contributed by atoms with Crippen LogP contribution in [0.15, 0.2) is 0 Å². The van der Waals surface area contributed by atoms with Crippen LogP contribution >= 0.6 is 15.6 Å². The Morgan fingerprint density at radius 3 is 0.732 bits per heavy atom. The molecule has 0 aromatic rings. The molecule has 0 amide bonds. The van der Waals surface area contributed by atoms with Crippen LogP contribution < -0.4 is 0 Å². The normalized spacial score (nSPS) is 14.6. The van der Waals surface area contributed by atoms with E-state index >= 15 is 0 Å². The smallest absolute Gasteiger partial charge is 0.462 e. The first-order valence-electron chi connectivity index (χ1n) is 40.3. The molecule has 0 aliphatic heterocycles. The summed E-state index contributed by atoms with van der Waals surface area (Å²) in [5.41, 5.74) is 0. The standard InChI is InChI=1S/C78H152O17P2/c1-9-70(7)56-48-40-32-28-29-33-42-50-58-75(80)88-64-73(94-77(82)60-53-45-35-27-23-19-15-14-17-21-25-31-39-47-55-69(5)6)66-92-96(84,85)90-62-72(79)63-91-97(86,87)93-67-74(65-89-76(81)59-51-43-37-36-41-49-57-71(8)10-2)95-78(83)61-52-44-34-26-22-18-13-11-12-16-20-24-30-38-46-54-68(3)4/h68-74,79H,9-67H2,1-8H3,(H,84,85)(H,86,87)/t70?,71?,72-,73-,74-/m1/s1. The molecule has 4 unspecified atom stereocenters. The summed E-state index contributed by atoms with van der Waals surface area (Å²) in [6, 6.07) is 0. The topological polar surface area (TPSA) is 237 Å². The Kier molecular flexibility index (Phi) is 65.9. The Morgan fingerprint density at radius 2 is 0.495 bits per heavy atom. The highest BCUT2D eigenvalue weighted by atomic mass is 31.2. The van der Waals surface area contributed by atoms with E-state index in [-0.39, 0.29) is 25.7 Å². The van der Waals surface area contributed by atoms with Crippen LogP contribution in [0.4, 0.5) is 0 Å². The van der Waals surface area contributed by atoms with Crippen LogP contribution in [0.25, 0.3) is 0 Å². The summed E-state index contributed by atoms with van der Waals surface area (Å²) in [5, 5.41) is 10.6. The lowest BCUT2D eigenvalue weighted by Crippen LogP contribution is -2.30. The Hall–Kier alpha value is -1.94. The first-order chi connectivity index (χ1) is 46.7. The highest BCUT2D eigenvalue weighted by Gasteiger charge is 2.30.